The Morgan fingerprint density at radius 3 is 2.31 bits per heavy atom. The van der Waals surface area contributed by atoms with Crippen LogP contribution in [-0.2, 0) is 4.79 Å². The predicted molar refractivity (Wildman–Crippen MR) is 118 cm³/mol. The van der Waals surface area contributed by atoms with Crippen LogP contribution in [-0.4, -0.2) is 38.7 Å². The van der Waals surface area contributed by atoms with Gasteiger partial charge in [0.15, 0.2) is 0 Å². The molecule has 1 amide bonds. The van der Waals surface area contributed by atoms with Gasteiger partial charge in [-0.15, -0.1) is 24.8 Å². The minimum Gasteiger partial charge on any atom is -0.352 e. The van der Waals surface area contributed by atoms with E-state index in [0.717, 1.165) is 11.3 Å². The van der Waals surface area contributed by atoms with Crippen LogP contribution >= 0.6 is 24.8 Å². The number of nitrogens with zero attached hydrogens (tertiary/aromatic N) is 4. The molecule has 3 aromatic rings. The molecule has 0 fully saturated rings. The van der Waals surface area contributed by atoms with Gasteiger partial charge in [0.25, 0.3) is 0 Å². The number of nitrogens with two attached hydrogens (primary N) is 1. The van der Waals surface area contributed by atoms with Crippen LogP contribution in [0, 0.1) is 0 Å². The van der Waals surface area contributed by atoms with Crippen LogP contribution < -0.4 is 16.4 Å². The molecule has 0 aliphatic carbocycles. The van der Waals surface area contributed by atoms with Crippen LogP contribution in [0.25, 0.3) is 5.69 Å². The first-order valence-corrected chi connectivity index (χ1v) is 8.87. The van der Waals surface area contributed by atoms with Crippen molar-refractivity contribution in [2.75, 3.05) is 11.9 Å². The number of halogens is 2. The van der Waals surface area contributed by atoms with Gasteiger partial charge in [0, 0.05) is 12.6 Å². The third-order valence-corrected chi connectivity index (χ3v) is 4.22. The number of amides is 1. The van der Waals surface area contributed by atoms with Crippen molar-refractivity contribution in [1.29, 1.82) is 0 Å². The molecule has 29 heavy (non-hydrogen) atoms. The molecule has 0 radical (unpaired) electrons. The fourth-order valence-corrected chi connectivity index (χ4v) is 2.68. The van der Waals surface area contributed by atoms with E-state index in [9.17, 15) is 4.79 Å². The van der Waals surface area contributed by atoms with Gasteiger partial charge in [-0.05, 0) is 34.5 Å². The molecule has 4 N–H and O–H groups in total. The molecule has 1 aromatic heterocycles. The Kier molecular flexibility index (Phi) is 10.1. The van der Waals surface area contributed by atoms with Crippen LogP contribution in [0.15, 0.2) is 60.7 Å². The molecule has 2 unspecified atom stereocenters. The highest BCUT2D eigenvalue weighted by Gasteiger charge is 2.20. The topological polar surface area (TPSA) is 111 Å². The molecule has 2 atom stereocenters. The lowest BCUT2D eigenvalue weighted by Gasteiger charge is -2.19. The van der Waals surface area contributed by atoms with Crippen LogP contribution in [0.2, 0.25) is 0 Å². The highest BCUT2D eigenvalue weighted by molar-refractivity contribution is 5.85. The summed E-state index contributed by atoms with van der Waals surface area (Å²) in [5.41, 5.74) is 7.94. The van der Waals surface area contributed by atoms with E-state index in [2.05, 4.69) is 26.2 Å². The van der Waals surface area contributed by atoms with Crippen molar-refractivity contribution < 1.29 is 4.79 Å². The molecule has 1 heterocycles. The SMILES string of the molecule is CCC(Nc1nnnn1-c1ccccc1)C(=O)NCC(N)c1ccccc1.Cl.Cl. The highest BCUT2D eigenvalue weighted by atomic mass is 35.5. The molecule has 0 spiro atoms. The van der Waals surface area contributed by atoms with Gasteiger partial charge in [0.1, 0.15) is 6.04 Å². The summed E-state index contributed by atoms with van der Waals surface area (Å²) in [6.07, 6.45) is 0.577. The summed E-state index contributed by atoms with van der Waals surface area (Å²) in [5.74, 6) is 0.266. The maximum Gasteiger partial charge on any atom is 0.248 e. The van der Waals surface area contributed by atoms with Gasteiger partial charge in [-0.3, -0.25) is 4.79 Å². The summed E-state index contributed by atoms with van der Waals surface area (Å²) < 4.78 is 1.56. The zero-order valence-corrected chi connectivity index (χ0v) is 17.6. The molecular formula is C19H25Cl2N7O. The molecule has 10 heteroatoms. The summed E-state index contributed by atoms with van der Waals surface area (Å²) >= 11 is 0. The summed E-state index contributed by atoms with van der Waals surface area (Å²) in [6.45, 7) is 2.27. The van der Waals surface area contributed by atoms with Crippen LogP contribution in [0.5, 0.6) is 0 Å². The first-order chi connectivity index (χ1) is 13.2. The number of nitrogens with one attached hydrogen (secondary N) is 2. The Balaban J connectivity index is 0.00000210. The Morgan fingerprint density at radius 1 is 1.07 bits per heavy atom. The number of aromatic nitrogens is 4. The molecule has 3 rings (SSSR count). The summed E-state index contributed by atoms with van der Waals surface area (Å²) in [6, 6.07) is 18.4. The fourth-order valence-electron chi connectivity index (χ4n) is 2.68. The maximum absolute atomic E-state index is 12.6. The van der Waals surface area contributed by atoms with Crippen molar-refractivity contribution in [1.82, 2.24) is 25.5 Å². The van der Waals surface area contributed by atoms with Gasteiger partial charge in [-0.1, -0.05) is 60.6 Å². The monoisotopic (exact) mass is 437 g/mol. The second-order valence-corrected chi connectivity index (χ2v) is 6.12. The van der Waals surface area contributed by atoms with Crippen LogP contribution in [0.3, 0.4) is 0 Å². The second kappa shape index (κ2) is 12.0. The van der Waals surface area contributed by atoms with E-state index >= 15 is 0 Å². The zero-order chi connectivity index (χ0) is 19.1. The number of tetrazole rings is 1. The average molecular weight is 438 g/mol. The van der Waals surface area contributed by atoms with E-state index < -0.39 is 6.04 Å². The average Bonchev–Trinajstić information content (AvgIpc) is 3.19. The van der Waals surface area contributed by atoms with E-state index in [1.54, 1.807) is 4.68 Å². The quantitative estimate of drug-likeness (QED) is 0.499. The molecule has 0 aliphatic heterocycles. The first-order valence-electron chi connectivity index (χ1n) is 8.87. The van der Waals surface area contributed by atoms with Gasteiger partial charge < -0.3 is 16.4 Å². The standard InChI is InChI=1S/C19H23N7O.2ClH/c1-2-17(18(27)21-13-16(20)14-9-5-3-6-10-14)22-19-23-24-25-26(19)15-11-7-4-8-12-15;;/h3-12,16-17H,2,13,20H2,1H3,(H,21,27)(H,22,23,25);2*1H. The number of carbonyl (C=O) groups excluding carboxylic acids is 1. The van der Waals surface area contributed by atoms with Crippen molar-refractivity contribution in [2.45, 2.75) is 25.4 Å². The molecule has 0 saturated carbocycles. The van der Waals surface area contributed by atoms with E-state index in [1.807, 2.05) is 67.6 Å². The summed E-state index contributed by atoms with van der Waals surface area (Å²) in [4.78, 5) is 12.6. The number of anilines is 1. The van der Waals surface area contributed by atoms with E-state index in [-0.39, 0.29) is 36.8 Å². The highest BCUT2D eigenvalue weighted by Crippen LogP contribution is 2.13. The lowest BCUT2D eigenvalue weighted by atomic mass is 10.1. The fraction of sp³-hybridized carbons (Fsp3) is 0.263. The molecule has 8 nitrogen and oxygen atoms in total. The zero-order valence-electron chi connectivity index (χ0n) is 15.9. The number of benzene rings is 2. The normalized spacial score (nSPS) is 12.1. The number of carbonyl (C=O) groups is 1. The van der Waals surface area contributed by atoms with Crippen LogP contribution in [0.1, 0.15) is 24.9 Å². The third-order valence-electron chi connectivity index (χ3n) is 4.22. The van der Waals surface area contributed by atoms with Crippen LogP contribution in [0.4, 0.5) is 5.95 Å². The Bertz CT molecular complexity index is 861. The second-order valence-electron chi connectivity index (χ2n) is 6.12. The molecule has 2 aromatic carbocycles. The van der Waals surface area contributed by atoms with Gasteiger partial charge in [-0.2, -0.15) is 4.68 Å². The van der Waals surface area contributed by atoms with Crippen molar-refractivity contribution in [3.63, 3.8) is 0 Å². The van der Waals surface area contributed by atoms with E-state index in [4.69, 9.17) is 5.73 Å². The summed E-state index contributed by atoms with van der Waals surface area (Å²) in [7, 11) is 0. The summed E-state index contributed by atoms with van der Waals surface area (Å²) in [5, 5.41) is 17.7. The number of hydrogen-bond acceptors (Lipinski definition) is 6. The molecule has 0 saturated heterocycles. The lowest BCUT2D eigenvalue weighted by Crippen LogP contribution is -2.42. The molecule has 0 aliphatic rings. The number of para-hydroxylation sites is 1. The smallest absolute Gasteiger partial charge is 0.248 e. The van der Waals surface area contributed by atoms with E-state index in [1.165, 1.54) is 0 Å². The van der Waals surface area contributed by atoms with Gasteiger partial charge in [0.05, 0.1) is 5.69 Å². The predicted octanol–water partition coefficient (Wildman–Crippen LogP) is 2.51. The van der Waals surface area contributed by atoms with Crippen molar-refractivity contribution in [3.8, 4) is 5.69 Å². The van der Waals surface area contributed by atoms with Crippen molar-refractivity contribution in [3.05, 3.63) is 66.2 Å². The Hall–Kier alpha value is -2.68. The Labute approximate surface area is 182 Å². The Morgan fingerprint density at radius 2 is 1.69 bits per heavy atom. The van der Waals surface area contributed by atoms with E-state index in [0.29, 0.717) is 18.9 Å². The largest absolute Gasteiger partial charge is 0.352 e. The minimum absolute atomic E-state index is 0. The first kappa shape index (κ1) is 24.4. The molecule has 0 bridgehead atoms. The molecule has 156 valence electrons. The van der Waals surface area contributed by atoms with Gasteiger partial charge >= 0.3 is 0 Å². The lowest BCUT2D eigenvalue weighted by molar-refractivity contribution is -0.122. The van der Waals surface area contributed by atoms with Gasteiger partial charge in [0.2, 0.25) is 11.9 Å². The van der Waals surface area contributed by atoms with Crippen molar-refractivity contribution in [2.24, 2.45) is 5.73 Å². The molecular weight excluding hydrogens is 413 g/mol. The number of rotatable bonds is 8. The maximum atomic E-state index is 12.6. The number of hydrogen-bond donors (Lipinski definition) is 3. The van der Waals surface area contributed by atoms with Gasteiger partial charge in [-0.25, -0.2) is 0 Å². The minimum atomic E-state index is -0.471. The third kappa shape index (κ3) is 6.42. The van der Waals surface area contributed by atoms with Crippen molar-refractivity contribution >= 4 is 36.7 Å².